The van der Waals surface area contributed by atoms with Crippen LogP contribution in [0.5, 0.6) is 0 Å². The Morgan fingerprint density at radius 2 is 2.21 bits per heavy atom. The molecule has 2 aromatic heterocycles. The Morgan fingerprint density at radius 3 is 3.00 bits per heavy atom. The number of amides is 1. The Labute approximate surface area is 160 Å². The van der Waals surface area contributed by atoms with E-state index in [-0.39, 0.29) is 12.4 Å². The average molecular weight is 380 g/mol. The van der Waals surface area contributed by atoms with Crippen molar-refractivity contribution in [1.82, 2.24) is 10.3 Å². The van der Waals surface area contributed by atoms with E-state index >= 15 is 0 Å². The quantitative estimate of drug-likeness (QED) is 0.399. The topological polar surface area (TPSA) is 120 Å². The molecule has 4 N–H and O–H groups in total. The predicted molar refractivity (Wildman–Crippen MR) is 104 cm³/mol. The van der Waals surface area contributed by atoms with Gasteiger partial charge in [-0.05, 0) is 43.5 Å². The number of hydrogen-bond acceptors (Lipinski definition) is 7. The van der Waals surface area contributed by atoms with E-state index in [1.54, 1.807) is 25.4 Å². The smallest absolute Gasteiger partial charge is 0.289 e. The number of aryl methyl sites for hydroxylation is 1. The highest BCUT2D eigenvalue weighted by molar-refractivity contribution is 6.08. The first-order valence-corrected chi connectivity index (χ1v) is 9.00. The first-order valence-electron chi connectivity index (χ1n) is 9.00. The lowest BCUT2D eigenvalue weighted by Crippen LogP contribution is -2.35. The number of rotatable bonds is 5. The molecule has 0 saturated carbocycles. The molecule has 2 heterocycles. The van der Waals surface area contributed by atoms with Gasteiger partial charge in [0.2, 0.25) is 5.76 Å². The summed E-state index contributed by atoms with van der Waals surface area (Å²) in [6.07, 6.45) is 4.68. The number of aromatic nitrogens is 1. The molecule has 0 fully saturated rings. The van der Waals surface area contributed by atoms with E-state index in [1.165, 1.54) is 0 Å². The van der Waals surface area contributed by atoms with Crippen molar-refractivity contribution in [3.63, 3.8) is 0 Å². The van der Waals surface area contributed by atoms with E-state index < -0.39 is 11.9 Å². The predicted octanol–water partition coefficient (Wildman–Crippen LogP) is 2.81. The number of nitrogens with one attached hydrogen (secondary N) is 2. The second kappa shape index (κ2) is 7.32. The lowest BCUT2D eigenvalue weighted by molar-refractivity contribution is 0.0897. The number of pyridine rings is 1. The Morgan fingerprint density at radius 1 is 1.36 bits per heavy atom. The fraction of sp³-hybridized carbons (Fsp3) is 0.250. The highest BCUT2D eigenvalue weighted by Gasteiger charge is 2.23. The number of aliphatic hydroxyl groups is 1. The lowest BCUT2D eigenvalue weighted by atomic mass is 10.1. The molecule has 1 aliphatic rings. The van der Waals surface area contributed by atoms with E-state index in [4.69, 9.17) is 9.62 Å². The van der Waals surface area contributed by atoms with Crippen LogP contribution in [0.4, 0.5) is 11.4 Å². The van der Waals surface area contributed by atoms with Crippen molar-refractivity contribution in [1.29, 1.82) is 0 Å². The van der Waals surface area contributed by atoms with Gasteiger partial charge in [0, 0.05) is 28.9 Å². The molecule has 0 radical (unpaired) electrons. The van der Waals surface area contributed by atoms with Crippen LogP contribution in [0.3, 0.4) is 0 Å². The van der Waals surface area contributed by atoms with Gasteiger partial charge in [-0.2, -0.15) is 0 Å². The maximum Gasteiger partial charge on any atom is 0.289 e. The number of carbonyl (C=O) groups excluding carboxylic acids is 1. The van der Waals surface area contributed by atoms with E-state index in [9.17, 15) is 9.90 Å². The van der Waals surface area contributed by atoms with E-state index in [0.29, 0.717) is 23.4 Å². The summed E-state index contributed by atoms with van der Waals surface area (Å²) in [5.41, 5.74) is 4.51. The van der Waals surface area contributed by atoms with Crippen molar-refractivity contribution in [2.24, 2.45) is 5.16 Å². The summed E-state index contributed by atoms with van der Waals surface area (Å²) in [6, 6.07) is 7.12. The molecule has 0 spiro atoms. The fourth-order valence-corrected chi connectivity index (χ4v) is 3.37. The molecule has 28 heavy (non-hydrogen) atoms. The van der Waals surface area contributed by atoms with Gasteiger partial charge in [-0.15, -0.1) is 0 Å². The van der Waals surface area contributed by atoms with Crippen LogP contribution in [0.25, 0.3) is 11.0 Å². The number of aliphatic hydroxyl groups excluding tert-OH is 1. The Bertz CT molecular complexity index is 1070. The van der Waals surface area contributed by atoms with Crippen LogP contribution in [0.1, 0.15) is 35.0 Å². The highest BCUT2D eigenvalue weighted by Crippen LogP contribution is 2.34. The molecule has 1 aromatic carbocycles. The van der Waals surface area contributed by atoms with Crippen LogP contribution in [0, 0.1) is 0 Å². The van der Waals surface area contributed by atoms with Crippen LogP contribution in [0.2, 0.25) is 0 Å². The second-order valence-corrected chi connectivity index (χ2v) is 6.78. The van der Waals surface area contributed by atoms with Gasteiger partial charge in [0.05, 0.1) is 24.2 Å². The molecule has 0 saturated heterocycles. The van der Waals surface area contributed by atoms with Crippen molar-refractivity contribution >= 4 is 34.0 Å². The largest absolute Gasteiger partial charge is 0.447 e. The van der Waals surface area contributed by atoms with Crippen molar-refractivity contribution in [3.8, 4) is 0 Å². The number of nitrogens with zero attached hydrogens (tertiary/aromatic N) is 2. The van der Waals surface area contributed by atoms with Gasteiger partial charge in [0.15, 0.2) is 5.58 Å². The summed E-state index contributed by atoms with van der Waals surface area (Å²) >= 11 is 0. The third-order valence-corrected chi connectivity index (χ3v) is 4.79. The molecule has 1 amide bonds. The molecule has 1 atom stereocenters. The number of benzene rings is 1. The zero-order valence-electron chi connectivity index (χ0n) is 15.3. The van der Waals surface area contributed by atoms with Gasteiger partial charge in [0.1, 0.15) is 0 Å². The van der Waals surface area contributed by atoms with Crippen molar-refractivity contribution in [3.05, 3.63) is 53.5 Å². The maximum atomic E-state index is 12.6. The van der Waals surface area contributed by atoms with Gasteiger partial charge in [-0.3, -0.25) is 9.78 Å². The molecule has 1 aliphatic carbocycles. The standard InChI is InChI=1S/C20H20N4O4/c1-11(10-25)22-20(26)19-18(15-6-7-21-9-17(15)28-19)23-13-3-4-14-12(8-13)2-5-16(14)24-27/h3-4,6-9,11,23,25,27H,2,5,10H2,1H3,(H,22,26). The van der Waals surface area contributed by atoms with Crippen molar-refractivity contribution in [2.45, 2.75) is 25.8 Å². The molecule has 144 valence electrons. The minimum atomic E-state index is -0.420. The Balaban J connectivity index is 1.72. The summed E-state index contributed by atoms with van der Waals surface area (Å²) < 4.78 is 5.73. The second-order valence-electron chi connectivity index (χ2n) is 6.78. The van der Waals surface area contributed by atoms with E-state index in [1.807, 2.05) is 18.2 Å². The minimum Gasteiger partial charge on any atom is -0.447 e. The molecular weight excluding hydrogens is 360 g/mol. The van der Waals surface area contributed by atoms with E-state index in [2.05, 4.69) is 20.8 Å². The third kappa shape index (κ3) is 3.18. The molecule has 0 aliphatic heterocycles. The molecule has 3 aromatic rings. The molecule has 0 bridgehead atoms. The first kappa shape index (κ1) is 18.0. The summed E-state index contributed by atoms with van der Waals surface area (Å²) in [5, 5.41) is 28.4. The summed E-state index contributed by atoms with van der Waals surface area (Å²) in [6.45, 7) is 1.53. The zero-order valence-corrected chi connectivity index (χ0v) is 15.3. The van der Waals surface area contributed by atoms with Crippen LogP contribution < -0.4 is 10.6 Å². The molecule has 8 heteroatoms. The van der Waals surface area contributed by atoms with Crippen LogP contribution in [-0.4, -0.2) is 39.6 Å². The molecule has 1 unspecified atom stereocenters. The highest BCUT2D eigenvalue weighted by atomic mass is 16.4. The SMILES string of the molecule is CC(CO)NC(=O)c1oc2cnccc2c1Nc1ccc2c(c1)CCC2=NO. The Hall–Kier alpha value is -3.39. The number of hydrogen-bond donors (Lipinski definition) is 4. The normalized spacial score (nSPS) is 15.6. The van der Waals surface area contributed by atoms with Crippen molar-refractivity contribution in [2.75, 3.05) is 11.9 Å². The maximum absolute atomic E-state index is 12.6. The van der Waals surface area contributed by atoms with Gasteiger partial charge >= 0.3 is 0 Å². The average Bonchev–Trinajstić information content (AvgIpc) is 3.29. The minimum absolute atomic E-state index is 0.126. The van der Waals surface area contributed by atoms with Crippen LogP contribution >= 0.6 is 0 Å². The van der Waals surface area contributed by atoms with Crippen LogP contribution in [-0.2, 0) is 6.42 Å². The monoisotopic (exact) mass is 380 g/mol. The lowest BCUT2D eigenvalue weighted by Gasteiger charge is -2.12. The van der Waals surface area contributed by atoms with E-state index in [0.717, 1.165) is 28.6 Å². The molecule has 8 nitrogen and oxygen atoms in total. The van der Waals surface area contributed by atoms with Gasteiger partial charge in [-0.25, -0.2) is 0 Å². The van der Waals surface area contributed by atoms with Gasteiger partial charge in [-0.1, -0.05) is 11.2 Å². The first-order chi connectivity index (χ1) is 13.6. The molecule has 4 rings (SSSR count). The van der Waals surface area contributed by atoms with Crippen molar-refractivity contribution < 1.29 is 19.5 Å². The van der Waals surface area contributed by atoms with Gasteiger partial charge < -0.3 is 25.4 Å². The zero-order chi connectivity index (χ0) is 19.7. The number of fused-ring (bicyclic) bond motifs is 2. The third-order valence-electron chi connectivity index (χ3n) is 4.79. The number of anilines is 2. The van der Waals surface area contributed by atoms with Gasteiger partial charge in [0.25, 0.3) is 5.91 Å². The summed E-state index contributed by atoms with van der Waals surface area (Å²) in [7, 11) is 0. The number of furan rings is 1. The fourth-order valence-electron chi connectivity index (χ4n) is 3.37. The number of oxime groups is 1. The summed E-state index contributed by atoms with van der Waals surface area (Å²) in [5.74, 6) is -0.294. The van der Waals surface area contributed by atoms with Crippen LogP contribution in [0.15, 0.2) is 46.2 Å². The molecular formula is C20H20N4O4. The Kier molecular flexibility index (Phi) is 4.70. The number of carbonyl (C=O) groups is 1. The summed E-state index contributed by atoms with van der Waals surface area (Å²) in [4.78, 5) is 16.7.